The molecular weight excluding hydrogens is 362 g/mol. The zero-order valence-corrected chi connectivity index (χ0v) is 16.4. The number of nitrogens with zero attached hydrogens (tertiary/aromatic N) is 1. The second-order valence-corrected chi connectivity index (χ2v) is 6.63. The van der Waals surface area contributed by atoms with Crippen LogP contribution in [0.4, 0.5) is 14.5 Å². The number of aliphatic imine (C=N–C) groups is 1. The lowest BCUT2D eigenvalue weighted by Crippen LogP contribution is -2.37. The lowest BCUT2D eigenvalue weighted by atomic mass is 10.1. The zero-order valence-electron chi connectivity index (χ0n) is 16.4. The summed E-state index contributed by atoms with van der Waals surface area (Å²) < 4.78 is 27.0. The van der Waals surface area contributed by atoms with Crippen LogP contribution in [0.2, 0.25) is 0 Å². The Kier molecular flexibility index (Phi) is 7.92. The monoisotopic (exact) mass is 388 g/mol. The molecule has 0 aliphatic heterocycles. The van der Waals surface area contributed by atoms with Crippen molar-refractivity contribution in [2.75, 3.05) is 11.9 Å². The molecule has 0 saturated carbocycles. The second-order valence-electron chi connectivity index (χ2n) is 6.63. The molecular formula is C21H26F2N4O. The topological polar surface area (TPSA) is 65.5 Å². The van der Waals surface area contributed by atoms with Gasteiger partial charge in [0.05, 0.1) is 6.54 Å². The van der Waals surface area contributed by atoms with Crippen LogP contribution in [0.1, 0.15) is 31.9 Å². The van der Waals surface area contributed by atoms with E-state index in [1.807, 2.05) is 45.0 Å². The van der Waals surface area contributed by atoms with Crippen molar-refractivity contribution in [1.82, 2.24) is 10.6 Å². The van der Waals surface area contributed by atoms with Crippen LogP contribution in [-0.2, 0) is 17.9 Å². The van der Waals surface area contributed by atoms with E-state index in [-0.39, 0.29) is 23.9 Å². The van der Waals surface area contributed by atoms with Gasteiger partial charge < -0.3 is 16.0 Å². The molecule has 0 fully saturated rings. The molecule has 150 valence electrons. The van der Waals surface area contributed by atoms with Gasteiger partial charge in [-0.05, 0) is 42.8 Å². The van der Waals surface area contributed by atoms with Crippen molar-refractivity contribution in [1.29, 1.82) is 0 Å². The Bertz CT molecular complexity index is 820. The molecule has 0 aromatic heterocycles. The maximum atomic E-state index is 13.7. The van der Waals surface area contributed by atoms with Crippen molar-refractivity contribution in [2.45, 2.75) is 33.9 Å². The first-order valence-corrected chi connectivity index (χ1v) is 9.25. The maximum absolute atomic E-state index is 13.7. The molecule has 0 spiro atoms. The van der Waals surface area contributed by atoms with E-state index in [1.54, 1.807) is 0 Å². The van der Waals surface area contributed by atoms with Crippen molar-refractivity contribution in [3.8, 4) is 0 Å². The minimum atomic E-state index is -0.482. The molecule has 0 heterocycles. The van der Waals surface area contributed by atoms with Crippen LogP contribution in [0, 0.1) is 17.6 Å². The Hall–Kier alpha value is -2.96. The minimum Gasteiger partial charge on any atom is -0.357 e. The summed E-state index contributed by atoms with van der Waals surface area (Å²) in [6.07, 6.45) is 0. The Morgan fingerprint density at radius 1 is 1.07 bits per heavy atom. The van der Waals surface area contributed by atoms with Gasteiger partial charge in [-0.1, -0.05) is 26.0 Å². The van der Waals surface area contributed by atoms with Crippen LogP contribution >= 0.6 is 0 Å². The van der Waals surface area contributed by atoms with Crippen LogP contribution in [-0.4, -0.2) is 18.4 Å². The van der Waals surface area contributed by atoms with Crippen LogP contribution in [0.15, 0.2) is 47.5 Å². The smallest absolute Gasteiger partial charge is 0.226 e. The van der Waals surface area contributed by atoms with E-state index >= 15 is 0 Å². The number of hydrogen-bond acceptors (Lipinski definition) is 2. The van der Waals surface area contributed by atoms with E-state index in [4.69, 9.17) is 0 Å². The highest BCUT2D eigenvalue weighted by molar-refractivity contribution is 5.92. The summed E-state index contributed by atoms with van der Waals surface area (Å²) >= 11 is 0. The molecule has 0 saturated heterocycles. The number of guanidine groups is 1. The van der Waals surface area contributed by atoms with Gasteiger partial charge in [0.25, 0.3) is 0 Å². The Morgan fingerprint density at radius 3 is 2.43 bits per heavy atom. The fourth-order valence-electron chi connectivity index (χ4n) is 2.35. The van der Waals surface area contributed by atoms with Crippen molar-refractivity contribution < 1.29 is 13.6 Å². The SMILES string of the molecule is CCNC(=NCc1ccc(NC(=O)C(C)C)cc1)NCc1cc(F)ccc1F. The highest BCUT2D eigenvalue weighted by Crippen LogP contribution is 2.12. The fourth-order valence-corrected chi connectivity index (χ4v) is 2.35. The number of rotatable bonds is 7. The molecule has 28 heavy (non-hydrogen) atoms. The van der Waals surface area contributed by atoms with Gasteiger partial charge in [-0.25, -0.2) is 13.8 Å². The average molecular weight is 388 g/mol. The average Bonchev–Trinajstić information content (AvgIpc) is 2.67. The zero-order chi connectivity index (χ0) is 20.5. The van der Waals surface area contributed by atoms with Gasteiger partial charge in [-0.3, -0.25) is 4.79 Å². The van der Waals surface area contributed by atoms with Crippen molar-refractivity contribution in [3.63, 3.8) is 0 Å². The Balaban J connectivity index is 1.98. The predicted octanol–water partition coefficient (Wildman–Crippen LogP) is 3.81. The molecule has 0 atom stereocenters. The molecule has 7 heteroatoms. The van der Waals surface area contributed by atoms with Crippen molar-refractivity contribution in [3.05, 3.63) is 65.2 Å². The van der Waals surface area contributed by atoms with Gasteiger partial charge in [0.1, 0.15) is 11.6 Å². The van der Waals surface area contributed by atoms with Gasteiger partial charge in [0, 0.05) is 30.3 Å². The van der Waals surface area contributed by atoms with Crippen LogP contribution in [0.3, 0.4) is 0 Å². The molecule has 0 aliphatic carbocycles. The first kappa shape index (κ1) is 21.3. The third-order valence-corrected chi connectivity index (χ3v) is 3.96. The first-order chi connectivity index (χ1) is 13.4. The molecule has 3 N–H and O–H groups in total. The van der Waals surface area contributed by atoms with E-state index in [0.29, 0.717) is 19.0 Å². The Labute approximate surface area is 164 Å². The number of carbonyl (C=O) groups is 1. The summed E-state index contributed by atoms with van der Waals surface area (Å²) in [4.78, 5) is 16.2. The van der Waals surface area contributed by atoms with Gasteiger partial charge in [0.15, 0.2) is 5.96 Å². The van der Waals surface area contributed by atoms with Crippen molar-refractivity contribution >= 4 is 17.6 Å². The number of benzene rings is 2. The fraction of sp³-hybridized carbons (Fsp3) is 0.333. The largest absolute Gasteiger partial charge is 0.357 e. The number of amides is 1. The molecule has 0 unspecified atom stereocenters. The molecule has 0 bridgehead atoms. The molecule has 5 nitrogen and oxygen atoms in total. The molecule has 2 aromatic carbocycles. The van der Waals surface area contributed by atoms with Crippen molar-refractivity contribution in [2.24, 2.45) is 10.9 Å². The van der Waals surface area contributed by atoms with Gasteiger partial charge >= 0.3 is 0 Å². The third kappa shape index (κ3) is 6.64. The van der Waals surface area contributed by atoms with Crippen LogP contribution in [0.25, 0.3) is 0 Å². The summed E-state index contributed by atoms with van der Waals surface area (Å²) in [5, 5.41) is 8.91. The summed E-state index contributed by atoms with van der Waals surface area (Å²) in [5.74, 6) is -0.563. The minimum absolute atomic E-state index is 0.0333. The second kappa shape index (κ2) is 10.4. The number of halogens is 2. The number of hydrogen-bond donors (Lipinski definition) is 3. The van der Waals surface area contributed by atoms with E-state index in [9.17, 15) is 13.6 Å². The maximum Gasteiger partial charge on any atom is 0.226 e. The molecule has 1 amide bonds. The van der Waals surface area contributed by atoms with Gasteiger partial charge in [-0.15, -0.1) is 0 Å². The Morgan fingerprint density at radius 2 is 1.79 bits per heavy atom. The van der Waals surface area contributed by atoms with E-state index in [1.165, 1.54) is 0 Å². The molecule has 0 aliphatic rings. The lowest BCUT2D eigenvalue weighted by Gasteiger charge is -2.12. The number of anilines is 1. The van der Waals surface area contributed by atoms with Gasteiger partial charge in [-0.2, -0.15) is 0 Å². The highest BCUT2D eigenvalue weighted by atomic mass is 19.1. The third-order valence-electron chi connectivity index (χ3n) is 3.96. The lowest BCUT2D eigenvalue weighted by molar-refractivity contribution is -0.118. The normalized spacial score (nSPS) is 11.4. The van der Waals surface area contributed by atoms with Gasteiger partial charge in [0.2, 0.25) is 5.91 Å². The van der Waals surface area contributed by atoms with E-state index in [2.05, 4.69) is 20.9 Å². The molecule has 0 radical (unpaired) electrons. The standard InChI is InChI=1S/C21H26F2N4O/c1-4-24-21(26-13-16-11-17(22)7-10-19(16)23)25-12-15-5-8-18(9-6-15)27-20(28)14(2)3/h5-11,14H,4,12-13H2,1-3H3,(H,27,28)(H2,24,25,26). The number of nitrogens with one attached hydrogen (secondary N) is 3. The summed E-state index contributed by atoms with van der Waals surface area (Å²) in [7, 11) is 0. The first-order valence-electron chi connectivity index (χ1n) is 9.25. The van der Waals surface area contributed by atoms with E-state index < -0.39 is 11.6 Å². The number of carbonyl (C=O) groups excluding carboxylic acids is 1. The predicted molar refractivity (Wildman–Crippen MR) is 108 cm³/mol. The highest BCUT2D eigenvalue weighted by Gasteiger charge is 2.07. The van der Waals surface area contributed by atoms with Crippen LogP contribution < -0.4 is 16.0 Å². The summed E-state index contributed by atoms with van der Waals surface area (Å²) in [5.41, 5.74) is 1.92. The molecule has 2 rings (SSSR count). The van der Waals surface area contributed by atoms with E-state index in [0.717, 1.165) is 29.4 Å². The van der Waals surface area contributed by atoms with Crippen LogP contribution in [0.5, 0.6) is 0 Å². The summed E-state index contributed by atoms with van der Waals surface area (Å²) in [6, 6.07) is 10.8. The quantitative estimate of drug-likeness (QED) is 0.499. The molecule has 2 aromatic rings. The summed E-state index contributed by atoms with van der Waals surface area (Å²) in [6.45, 7) is 6.76.